The normalized spacial score (nSPS) is 29.9. The monoisotopic (exact) mass is 281 g/mol. The lowest BCUT2D eigenvalue weighted by molar-refractivity contribution is -0.121. The summed E-state index contributed by atoms with van der Waals surface area (Å²) >= 11 is 0. The number of hydrogen-bond donors (Lipinski definition) is 2. The first-order valence-corrected chi connectivity index (χ1v) is 8.36. The highest BCUT2D eigenvalue weighted by Crippen LogP contribution is 2.17. The molecule has 2 N–H and O–H groups in total. The van der Waals surface area contributed by atoms with Crippen molar-refractivity contribution in [2.75, 3.05) is 26.7 Å². The van der Waals surface area contributed by atoms with E-state index in [1.54, 1.807) is 0 Å². The predicted octanol–water partition coefficient (Wildman–Crippen LogP) is 1.76. The van der Waals surface area contributed by atoms with Gasteiger partial charge in [-0.3, -0.25) is 4.79 Å². The van der Waals surface area contributed by atoms with E-state index in [-0.39, 0.29) is 5.91 Å². The van der Waals surface area contributed by atoms with E-state index in [4.69, 9.17) is 0 Å². The largest absolute Gasteiger partial charge is 0.352 e. The molecule has 20 heavy (non-hydrogen) atoms. The molecule has 0 aromatic rings. The first kappa shape index (κ1) is 15.8. The Balaban J connectivity index is 1.66. The third kappa shape index (κ3) is 5.06. The number of nitrogens with one attached hydrogen (secondary N) is 2. The van der Waals surface area contributed by atoms with Gasteiger partial charge in [0.05, 0.1) is 6.54 Å². The molecule has 1 aliphatic heterocycles. The first-order chi connectivity index (χ1) is 9.65. The Bertz CT molecular complexity index is 300. The van der Waals surface area contributed by atoms with Crippen LogP contribution in [-0.2, 0) is 4.79 Å². The number of rotatable bonds is 4. The van der Waals surface area contributed by atoms with E-state index in [9.17, 15) is 4.79 Å². The molecule has 4 nitrogen and oxygen atoms in total. The van der Waals surface area contributed by atoms with Crippen molar-refractivity contribution in [3.05, 3.63) is 0 Å². The second kappa shape index (κ2) is 7.99. The maximum atomic E-state index is 12.1. The molecule has 2 rings (SSSR count). The van der Waals surface area contributed by atoms with Crippen molar-refractivity contribution >= 4 is 5.91 Å². The molecule has 1 amide bonds. The molecule has 0 radical (unpaired) electrons. The number of carbonyl (C=O) groups excluding carboxylic acids is 1. The van der Waals surface area contributed by atoms with Crippen LogP contribution in [0.15, 0.2) is 0 Å². The highest BCUT2D eigenvalue weighted by Gasteiger charge is 2.24. The summed E-state index contributed by atoms with van der Waals surface area (Å²) in [6.45, 7) is 5.01. The van der Waals surface area contributed by atoms with Gasteiger partial charge in [0.2, 0.25) is 5.91 Å². The zero-order chi connectivity index (χ0) is 14.4. The molecule has 4 heteroatoms. The molecule has 2 unspecified atom stereocenters. The van der Waals surface area contributed by atoms with E-state index in [0.29, 0.717) is 24.5 Å². The predicted molar refractivity (Wildman–Crippen MR) is 82.7 cm³/mol. The SMILES string of the molecule is CC1CN(C)CCC1NCC(=O)NC1CCCCCC1. The summed E-state index contributed by atoms with van der Waals surface area (Å²) < 4.78 is 0. The summed E-state index contributed by atoms with van der Waals surface area (Å²) in [5, 5.41) is 6.67. The van der Waals surface area contributed by atoms with Gasteiger partial charge in [0, 0.05) is 18.6 Å². The number of carbonyl (C=O) groups is 1. The lowest BCUT2D eigenvalue weighted by Crippen LogP contribution is -2.50. The average molecular weight is 281 g/mol. The zero-order valence-corrected chi connectivity index (χ0v) is 13.2. The van der Waals surface area contributed by atoms with Crippen molar-refractivity contribution in [1.29, 1.82) is 0 Å². The molecule has 0 aromatic heterocycles. The van der Waals surface area contributed by atoms with E-state index < -0.39 is 0 Å². The standard InChI is InChI=1S/C16H31N3O/c1-13-12-19(2)10-9-15(13)17-11-16(20)18-14-7-5-3-4-6-8-14/h13-15,17H,3-12H2,1-2H3,(H,18,20). The van der Waals surface area contributed by atoms with Crippen LogP contribution in [0.2, 0.25) is 0 Å². The molecule has 1 heterocycles. The number of hydrogen-bond acceptors (Lipinski definition) is 3. The molecule has 0 aromatic carbocycles. The Morgan fingerprint density at radius 2 is 1.85 bits per heavy atom. The maximum Gasteiger partial charge on any atom is 0.234 e. The van der Waals surface area contributed by atoms with Gasteiger partial charge in [0.1, 0.15) is 0 Å². The second-order valence-corrected chi connectivity index (χ2v) is 6.77. The maximum absolute atomic E-state index is 12.1. The number of nitrogens with zero attached hydrogens (tertiary/aromatic N) is 1. The number of amides is 1. The van der Waals surface area contributed by atoms with Crippen LogP contribution < -0.4 is 10.6 Å². The van der Waals surface area contributed by atoms with Crippen molar-refractivity contribution in [1.82, 2.24) is 15.5 Å². The Labute approximate surface area is 123 Å². The molecular formula is C16H31N3O. The lowest BCUT2D eigenvalue weighted by atomic mass is 9.94. The highest BCUT2D eigenvalue weighted by atomic mass is 16.2. The molecule has 2 atom stereocenters. The van der Waals surface area contributed by atoms with Gasteiger partial charge in [-0.25, -0.2) is 0 Å². The molecular weight excluding hydrogens is 250 g/mol. The third-order valence-corrected chi connectivity index (χ3v) is 4.85. The molecule has 2 aliphatic rings. The quantitative estimate of drug-likeness (QED) is 0.772. The van der Waals surface area contributed by atoms with Gasteiger partial charge in [-0.05, 0) is 38.8 Å². The summed E-state index contributed by atoms with van der Waals surface area (Å²) in [5.74, 6) is 0.808. The van der Waals surface area contributed by atoms with Gasteiger partial charge in [0.25, 0.3) is 0 Å². The van der Waals surface area contributed by atoms with Crippen LogP contribution in [0.4, 0.5) is 0 Å². The van der Waals surface area contributed by atoms with Gasteiger partial charge in [-0.2, -0.15) is 0 Å². The second-order valence-electron chi connectivity index (χ2n) is 6.77. The Morgan fingerprint density at radius 1 is 1.15 bits per heavy atom. The van der Waals surface area contributed by atoms with Crippen LogP contribution in [0, 0.1) is 5.92 Å². The first-order valence-electron chi connectivity index (χ1n) is 8.36. The topological polar surface area (TPSA) is 44.4 Å². The molecule has 1 aliphatic carbocycles. The third-order valence-electron chi connectivity index (χ3n) is 4.85. The summed E-state index contributed by atoms with van der Waals surface area (Å²) in [7, 11) is 2.17. The Kier molecular flexibility index (Phi) is 6.30. The van der Waals surface area contributed by atoms with Crippen LogP contribution in [0.5, 0.6) is 0 Å². The van der Waals surface area contributed by atoms with E-state index in [0.717, 1.165) is 32.4 Å². The fourth-order valence-corrected chi connectivity index (χ4v) is 3.58. The van der Waals surface area contributed by atoms with Crippen LogP contribution in [0.3, 0.4) is 0 Å². The van der Waals surface area contributed by atoms with Crippen molar-refractivity contribution in [2.24, 2.45) is 5.92 Å². The van der Waals surface area contributed by atoms with Gasteiger partial charge >= 0.3 is 0 Å². The molecule has 116 valence electrons. The summed E-state index contributed by atoms with van der Waals surface area (Å²) in [6.07, 6.45) is 8.67. The van der Waals surface area contributed by atoms with Crippen LogP contribution >= 0.6 is 0 Å². The smallest absolute Gasteiger partial charge is 0.234 e. The molecule has 0 bridgehead atoms. The minimum Gasteiger partial charge on any atom is -0.352 e. The Hall–Kier alpha value is -0.610. The van der Waals surface area contributed by atoms with Crippen molar-refractivity contribution in [3.8, 4) is 0 Å². The highest BCUT2D eigenvalue weighted by molar-refractivity contribution is 5.78. The van der Waals surface area contributed by atoms with Crippen molar-refractivity contribution in [2.45, 2.75) is 64.0 Å². The zero-order valence-electron chi connectivity index (χ0n) is 13.2. The minimum absolute atomic E-state index is 0.183. The van der Waals surface area contributed by atoms with E-state index in [1.165, 1.54) is 25.7 Å². The number of likely N-dealkylation sites (tertiary alicyclic amines) is 1. The Morgan fingerprint density at radius 3 is 2.50 bits per heavy atom. The van der Waals surface area contributed by atoms with Crippen molar-refractivity contribution in [3.63, 3.8) is 0 Å². The lowest BCUT2D eigenvalue weighted by Gasteiger charge is -2.35. The molecule has 0 spiro atoms. The van der Waals surface area contributed by atoms with E-state index in [2.05, 4.69) is 29.5 Å². The van der Waals surface area contributed by atoms with Gasteiger partial charge < -0.3 is 15.5 Å². The van der Waals surface area contributed by atoms with Gasteiger partial charge in [-0.1, -0.05) is 32.6 Å². The summed E-state index contributed by atoms with van der Waals surface area (Å²) in [6, 6.07) is 0.910. The average Bonchev–Trinajstić information content (AvgIpc) is 2.66. The van der Waals surface area contributed by atoms with Crippen LogP contribution in [-0.4, -0.2) is 49.6 Å². The minimum atomic E-state index is 0.183. The molecule has 2 fully saturated rings. The van der Waals surface area contributed by atoms with Crippen molar-refractivity contribution < 1.29 is 4.79 Å². The van der Waals surface area contributed by atoms with Crippen LogP contribution in [0.1, 0.15) is 51.9 Å². The number of piperidine rings is 1. The fraction of sp³-hybridized carbons (Fsp3) is 0.938. The van der Waals surface area contributed by atoms with Gasteiger partial charge in [0.15, 0.2) is 0 Å². The summed E-state index contributed by atoms with van der Waals surface area (Å²) in [4.78, 5) is 14.4. The summed E-state index contributed by atoms with van der Waals surface area (Å²) in [5.41, 5.74) is 0. The molecule has 1 saturated heterocycles. The van der Waals surface area contributed by atoms with E-state index >= 15 is 0 Å². The molecule has 1 saturated carbocycles. The van der Waals surface area contributed by atoms with Crippen LogP contribution in [0.25, 0.3) is 0 Å². The van der Waals surface area contributed by atoms with Gasteiger partial charge in [-0.15, -0.1) is 0 Å². The van der Waals surface area contributed by atoms with E-state index in [1.807, 2.05) is 0 Å². The fourth-order valence-electron chi connectivity index (χ4n) is 3.58.